The Kier molecular flexibility index (Phi) is 4.31. The van der Waals surface area contributed by atoms with Gasteiger partial charge in [0.2, 0.25) is 11.7 Å². The summed E-state index contributed by atoms with van der Waals surface area (Å²) in [7, 11) is 0. The summed E-state index contributed by atoms with van der Waals surface area (Å²) in [6.45, 7) is 7.02. The van der Waals surface area contributed by atoms with E-state index in [0.717, 1.165) is 50.5 Å². The van der Waals surface area contributed by atoms with E-state index >= 15 is 0 Å². The summed E-state index contributed by atoms with van der Waals surface area (Å²) >= 11 is 0. The lowest BCUT2D eigenvalue weighted by Gasteiger charge is -2.34. The maximum absolute atomic E-state index is 6.09. The Balaban J connectivity index is 1.85. The summed E-state index contributed by atoms with van der Waals surface area (Å²) in [6, 6.07) is 0. The number of rotatable bonds is 4. The van der Waals surface area contributed by atoms with Gasteiger partial charge in [0.15, 0.2) is 0 Å². The lowest BCUT2D eigenvalue weighted by molar-refractivity contribution is -0.0777. The minimum absolute atomic E-state index is 0.0125. The Bertz CT molecular complexity index is 454. The summed E-state index contributed by atoms with van der Waals surface area (Å²) in [5.41, 5.74) is -0.295. The summed E-state index contributed by atoms with van der Waals surface area (Å²) < 4.78 is 11.8. The lowest BCUT2D eigenvalue weighted by atomic mass is 9.80. The average Bonchev–Trinajstić information content (AvgIpc) is 3.01. The second-order valence-corrected chi connectivity index (χ2v) is 6.72. The number of hydrogen-bond acceptors (Lipinski definition) is 5. The zero-order valence-electron chi connectivity index (χ0n) is 13.3. The fraction of sp³-hybridized carbons (Fsp3) is 0.875. The molecule has 1 saturated carbocycles. The topological polar surface area (TPSA) is 60.2 Å². The first-order valence-electron chi connectivity index (χ1n) is 8.38. The van der Waals surface area contributed by atoms with Gasteiger partial charge in [0, 0.05) is 12.0 Å². The highest BCUT2D eigenvalue weighted by molar-refractivity contribution is 5.10. The first-order chi connectivity index (χ1) is 10.2. The minimum atomic E-state index is -0.308. The third kappa shape index (κ3) is 2.86. The van der Waals surface area contributed by atoms with E-state index in [4.69, 9.17) is 14.2 Å². The van der Waals surface area contributed by atoms with Crippen molar-refractivity contribution in [1.29, 1.82) is 0 Å². The standard InChI is InChI=1S/C16H27N3O2/c1-3-20-16(7-5-4-6-8-16)13-18-14(21-19-13)15(2)9-11-17-12-10-15/h17H,3-12H2,1-2H3. The molecule has 0 atom stereocenters. The van der Waals surface area contributed by atoms with E-state index in [1.807, 2.05) is 6.92 Å². The first-order valence-corrected chi connectivity index (χ1v) is 8.38. The van der Waals surface area contributed by atoms with Crippen LogP contribution < -0.4 is 5.32 Å². The molecule has 1 N–H and O–H groups in total. The molecule has 2 aliphatic rings. The zero-order chi connectivity index (χ0) is 14.8. The van der Waals surface area contributed by atoms with E-state index in [9.17, 15) is 0 Å². The molecule has 1 aliphatic carbocycles. The Morgan fingerprint density at radius 2 is 1.86 bits per heavy atom. The van der Waals surface area contributed by atoms with Crippen LogP contribution in [0.4, 0.5) is 0 Å². The Morgan fingerprint density at radius 1 is 1.14 bits per heavy atom. The van der Waals surface area contributed by atoms with Crippen LogP contribution in [0.25, 0.3) is 0 Å². The fourth-order valence-electron chi connectivity index (χ4n) is 3.68. The third-order valence-corrected chi connectivity index (χ3v) is 5.14. The molecule has 2 heterocycles. The van der Waals surface area contributed by atoms with Crippen LogP contribution in [0.3, 0.4) is 0 Å². The minimum Gasteiger partial charge on any atom is -0.367 e. The lowest BCUT2D eigenvalue weighted by Crippen LogP contribution is -2.38. The van der Waals surface area contributed by atoms with Crippen molar-refractivity contribution in [3.05, 3.63) is 11.7 Å². The average molecular weight is 293 g/mol. The first kappa shape index (κ1) is 15.0. The molecule has 0 spiro atoms. The highest BCUT2D eigenvalue weighted by atomic mass is 16.5. The van der Waals surface area contributed by atoms with E-state index in [1.165, 1.54) is 19.3 Å². The molecule has 1 saturated heterocycles. The highest BCUT2D eigenvalue weighted by Crippen LogP contribution is 2.40. The number of aromatic nitrogens is 2. The second-order valence-electron chi connectivity index (χ2n) is 6.72. The van der Waals surface area contributed by atoms with Gasteiger partial charge in [-0.2, -0.15) is 4.98 Å². The van der Waals surface area contributed by atoms with Gasteiger partial charge >= 0.3 is 0 Å². The molecule has 0 unspecified atom stereocenters. The zero-order valence-corrected chi connectivity index (χ0v) is 13.3. The Hall–Kier alpha value is -0.940. The summed E-state index contributed by atoms with van der Waals surface area (Å²) in [5, 5.41) is 7.71. The van der Waals surface area contributed by atoms with Gasteiger partial charge in [-0.3, -0.25) is 0 Å². The van der Waals surface area contributed by atoms with Gasteiger partial charge in [0.1, 0.15) is 5.60 Å². The maximum atomic E-state index is 6.09. The summed E-state index contributed by atoms with van der Waals surface area (Å²) in [5.74, 6) is 1.57. The number of hydrogen-bond donors (Lipinski definition) is 1. The van der Waals surface area contributed by atoms with E-state index < -0.39 is 0 Å². The summed E-state index contributed by atoms with van der Waals surface area (Å²) in [4.78, 5) is 4.79. The van der Waals surface area contributed by atoms with Crippen LogP contribution >= 0.6 is 0 Å². The van der Waals surface area contributed by atoms with Crippen molar-refractivity contribution in [3.63, 3.8) is 0 Å². The number of piperidine rings is 1. The Labute approximate surface area is 126 Å². The predicted molar refractivity (Wildman–Crippen MR) is 80.1 cm³/mol. The van der Waals surface area contributed by atoms with E-state index in [-0.39, 0.29) is 11.0 Å². The van der Waals surface area contributed by atoms with Crippen LogP contribution in [0, 0.1) is 0 Å². The molecule has 1 aromatic rings. The fourth-order valence-corrected chi connectivity index (χ4v) is 3.68. The van der Waals surface area contributed by atoms with Crippen molar-refractivity contribution in [1.82, 2.24) is 15.5 Å². The number of nitrogens with zero attached hydrogens (tertiary/aromatic N) is 2. The molecule has 5 heteroatoms. The van der Waals surface area contributed by atoms with Crippen molar-refractivity contribution in [3.8, 4) is 0 Å². The molecule has 0 aromatic carbocycles. The molecule has 5 nitrogen and oxygen atoms in total. The molecule has 1 aromatic heterocycles. The van der Waals surface area contributed by atoms with Crippen LogP contribution in [0.1, 0.15) is 70.5 Å². The predicted octanol–water partition coefficient (Wildman–Crippen LogP) is 2.91. The molecule has 3 rings (SSSR count). The van der Waals surface area contributed by atoms with Crippen molar-refractivity contribution in [2.45, 2.75) is 69.8 Å². The van der Waals surface area contributed by atoms with Gasteiger partial charge in [-0.15, -0.1) is 0 Å². The molecule has 0 radical (unpaired) electrons. The largest absolute Gasteiger partial charge is 0.367 e. The van der Waals surface area contributed by atoms with Gasteiger partial charge < -0.3 is 14.6 Å². The smallest absolute Gasteiger partial charge is 0.232 e. The molecule has 0 bridgehead atoms. The van der Waals surface area contributed by atoms with Crippen molar-refractivity contribution >= 4 is 0 Å². The van der Waals surface area contributed by atoms with Crippen molar-refractivity contribution < 1.29 is 9.26 Å². The quantitative estimate of drug-likeness (QED) is 0.925. The monoisotopic (exact) mass is 293 g/mol. The normalized spacial score (nSPS) is 24.9. The molecular formula is C16H27N3O2. The molecule has 0 amide bonds. The van der Waals surface area contributed by atoms with Gasteiger partial charge in [0.05, 0.1) is 0 Å². The van der Waals surface area contributed by atoms with Crippen LogP contribution in [0.5, 0.6) is 0 Å². The van der Waals surface area contributed by atoms with Crippen LogP contribution in [0.2, 0.25) is 0 Å². The molecule has 2 fully saturated rings. The maximum Gasteiger partial charge on any atom is 0.232 e. The second kappa shape index (κ2) is 6.05. The Morgan fingerprint density at radius 3 is 2.52 bits per heavy atom. The number of nitrogens with one attached hydrogen (secondary N) is 1. The SMILES string of the molecule is CCOC1(c2noc(C3(C)CCNCC3)n2)CCCCC1. The van der Waals surface area contributed by atoms with E-state index in [1.54, 1.807) is 0 Å². The third-order valence-electron chi connectivity index (χ3n) is 5.14. The summed E-state index contributed by atoms with van der Waals surface area (Å²) in [6.07, 6.45) is 7.78. The van der Waals surface area contributed by atoms with E-state index in [2.05, 4.69) is 17.4 Å². The van der Waals surface area contributed by atoms with Gasteiger partial charge in [-0.05, 0) is 45.7 Å². The van der Waals surface area contributed by atoms with Crippen LogP contribution in [-0.4, -0.2) is 29.8 Å². The van der Waals surface area contributed by atoms with Crippen LogP contribution in [-0.2, 0) is 15.8 Å². The van der Waals surface area contributed by atoms with Gasteiger partial charge in [0.25, 0.3) is 0 Å². The highest BCUT2D eigenvalue weighted by Gasteiger charge is 2.42. The van der Waals surface area contributed by atoms with Gasteiger partial charge in [-0.25, -0.2) is 0 Å². The molecular weight excluding hydrogens is 266 g/mol. The number of ether oxygens (including phenoxy) is 1. The van der Waals surface area contributed by atoms with Crippen LogP contribution in [0.15, 0.2) is 4.52 Å². The van der Waals surface area contributed by atoms with Crippen molar-refractivity contribution in [2.75, 3.05) is 19.7 Å². The van der Waals surface area contributed by atoms with Crippen molar-refractivity contribution in [2.24, 2.45) is 0 Å². The molecule has 118 valence electrons. The molecule has 1 aliphatic heterocycles. The van der Waals surface area contributed by atoms with Gasteiger partial charge in [-0.1, -0.05) is 31.3 Å². The van der Waals surface area contributed by atoms with E-state index in [0.29, 0.717) is 6.61 Å². The molecule has 21 heavy (non-hydrogen) atoms.